The van der Waals surface area contributed by atoms with Crippen LogP contribution in [0.5, 0.6) is 0 Å². The Bertz CT molecular complexity index is 1340. The second-order valence-electron chi connectivity index (χ2n) is 6.28. The molecule has 0 aromatic carbocycles. The maximum atomic E-state index is 11.8. The van der Waals surface area contributed by atoms with Crippen molar-refractivity contribution in [1.82, 2.24) is 29.5 Å². The van der Waals surface area contributed by atoms with Crippen LogP contribution in [0.15, 0.2) is 58.6 Å². The number of nitrogens with one attached hydrogen (secondary N) is 1. The van der Waals surface area contributed by atoms with Crippen molar-refractivity contribution in [2.24, 2.45) is 0 Å². The van der Waals surface area contributed by atoms with Gasteiger partial charge in [-0.1, -0.05) is 34.8 Å². The highest BCUT2D eigenvalue weighted by atomic mass is 35.5. The predicted octanol–water partition coefficient (Wildman–Crippen LogP) is 3.22. The number of rotatable bonds is 1. The van der Waals surface area contributed by atoms with E-state index >= 15 is 0 Å². The maximum Gasteiger partial charge on any atom is 0.279 e. The summed E-state index contributed by atoms with van der Waals surface area (Å²) < 4.78 is 1.30. The highest BCUT2D eigenvalue weighted by molar-refractivity contribution is 6.31. The topological polar surface area (TPSA) is 158 Å². The molecule has 33 heavy (non-hydrogen) atoms. The summed E-state index contributed by atoms with van der Waals surface area (Å²) >= 11 is 16.8. The first-order valence-electron chi connectivity index (χ1n) is 9.13. The molecule has 0 amide bonds. The van der Waals surface area contributed by atoms with Crippen LogP contribution in [0.3, 0.4) is 0 Å². The second-order valence-corrected chi connectivity index (χ2v) is 7.54. The van der Waals surface area contributed by atoms with Crippen molar-refractivity contribution in [3.8, 4) is 5.82 Å². The van der Waals surface area contributed by atoms with Crippen molar-refractivity contribution >= 4 is 46.2 Å². The Morgan fingerprint density at radius 2 is 1.48 bits per heavy atom. The summed E-state index contributed by atoms with van der Waals surface area (Å²) in [6.07, 6.45) is 6.06. The van der Waals surface area contributed by atoms with Crippen molar-refractivity contribution in [3.63, 3.8) is 0 Å². The summed E-state index contributed by atoms with van der Waals surface area (Å²) in [5, 5.41) is 1.32. The van der Waals surface area contributed by atoms with Crippen molar-refractivity contribution in [3.05, 3.63) is 96.6 Å². The van der Waals surface area contributed by atoms with Crippen LogP contribution in [0.2, 0.25) is 15.2 Å². The van der Waals surface area contributed by atoms with Crippen LogP contribution >= 0.6 is 34.8 Å². The number of H-pyrrole nitrogens is 1. The van der Waals surface area contributed by atoms with Crippen LogP contribution < -0.4 is 22.6 Å². The molecule has 172 valence electrons. The van der Waals surface area contributed by atoms with Gasteiger partial charge >= 0.3 is 0 Å². The van der Waals surface area contributed by atoms with Crippen LogP contribution in [0, 0.1) is 13.8 Å². The first-order chi connectivity index (χ1) is 15.6. The number of nitrogens with two attached hydrogens (primary N) is 2. The summed E-state index contributed by atoms with van der Waals surface area (Å²) in [6.45, 7) is 3.54. The third-order valence-corrected chi connectivity index (χ3v) is 4.29. The van der Waals surface area contributed by atoms with Gasteiger partial charge in [0.2, 0.25) is 0 Å². The molecule has 10 nitrogen and oxygen atoms in total. The number of aromatic amines is 1. The van der Waals surface area contributed by atoms with E-state index in [0.29, 0.717) is 32.7 Å². The lowest BCUT2D eigenvalue weighted by Gasteiger charge is -2.06. The molecular formula is C20H19Cl3N8O2. The van der Waals surface area contributed by atoms with Crippen molar-refractivity contribution in [2.75, 3.05) is 11.5 Å². The van der Waals surface area contributed by atoms with Gasteiger partial charge in [0.1, 0.15) is 22.6 Å². The Morgan fingerprint density at radius 1 is 0.879 bits per heavy atom. The summed E-state index contributed by atoms with van der Waals surface area (Å²) in [7, 11) is 0. The molecule has 0 bridgehead atoms. The van der Waals surface area contributed by atoms with Gasteiger partial charge in [-0.3, -0.25) is 14.2 Å². The SMILES string of the molecule is Cc1nccc(-n2cc(Cl)cc(N)c2=O)n1.Cc1nccc(Cl)n1.Nc1cc(Cl)c[nH]c1=O. The smallest absolute Gasteiger partial charge is 0.279 e. The van der Waals surface area contributed by atoms with Gasteiger partial charge in [-0.05, 0) is 38.1 Å². The van der Waals surface area contributed by atoms with Crippen LogP contribution in [0.25, 0.3) is 5.82 Å². The fourth-order valence-corrected chi connectivity index (χ4v) is 2.78. The van der Waals surface area contributed by atoms with Crippen molar-refractivity contribution in [2.45, 2.75) is 13.8 Å². The molecule has 0 aliphatic carbocycles. The molecule has 0 aliphatic heterocycles. The third-order valence-electron chi connectivity index (χ3n) is 3.66. The Hall–Kier alpha value is -3.47. The van der Waals surface area contributed by atoms with Gasteiger partial charge in [-0.2, -0.15) is 0 Å². The molecular weight excluding hydrogens is 491 g/mol. The maximum absolute atomic E-state index is 11.8. The zero-order chi connectivity index (χ0) is 24.5. The zero-order valence-corrected chi connectivity index (χ0v) is 19.7. The number of hydrogen-bond acceptors (Lipinski definition) is 8. The summed E-state index contributed by atoms with van der Waals surface area (Å²) in [6, 6.07) is 6.08. The van der Waals surface area contributed by atoms with E-state index in [9.17, 15) is 9.59 Å². The highest BCUT2D eigenvalue weighted by Crippen LogP contribution is 2.11. The van der Waals surface area contributed by atoms with E-state index in [1.54, 1.807) is 38.4 Å². The normalized spacial score (nSPS) is 9.85. The number of halogens is 3. The van der Waals surface area contributed by atoms with E-state index < -0.39 is 0 Å². The number of pyridine rings is 2. The lowest BCUT2D eigenvalue weighted by molar-refractivity contribution is 0.906. The second kappa shape index (κ2) is 12.0. The summed E-state index contributed by atoms with van der Waals surface area (Å²) in [4.78, 5) is 40.4. The van der Waals surface area contributed by atoms with E-state index in [-0.39, 0.29) is 22.5 Å². The van der Waals surface area contributed by atoms with E-state index in [2.05, 4.69) is 24.9 Å². The molecule has 4 aromatic heterocycles. The monoisotopic (exact) mass is 508 g/mol. The number of nitrogens with zero attached hydrogens (tertiary/aromatic N) is 5. The number of aryl methyl sites for hydroxylation is 2. The standard InChI is InChI=1S/C10H9ClN4O.C5H5ClN2O.C5H5ClN2/c1-6-13-3-2-9(14-6)15-5-7(11)4-8(12)10(15)16;6-3-1-4(7)5(9)8-2-3;1-4-7-3-2-5(6)8-4/h2-5H,12H2,1H3;1-2H,7H2,(H,8,9);2-3H,1H3. The molecule has 0 aliphatic rings. The van der Waals surface area contributed by atoms with E-state index in [1.807, 2.05) is 0 Å². The van der Waals surface area contributed by atoms with Gasteiger partial charge in [0.25, 0.3) is 11.1 Å². The molecule has 0 unspecified atom stereocenters. The van der Waals surface area contributed by atoms with Gasteiger partial charge in [-0.25, -0.2) is 19.9 Å². The van der Waals surface area contributed by atoms with Crippen LogP contribution in [0.4, 0.5) is 11.4 Å². The van der Waals surface area contributed by atoms with Gasteiger partial charge in [0.15, 0.2) is 0 Å². The molecule has 4 aromatic rings. The Balaban J connectivity index is 0.000000192. The predicted molar refractivity (Wildman–Crippen MR) is 130 cm³/mol. The summed E-state index contributed by atoms with van der Waals surface area (Å²) in [5.41, 5.74) is 10.3. The van der Waals surface area contributed by atoms with Gasteiger partial charge in [0.05, 0.1) is 21.4 Å². The van der Waals surface area contributed by atoms with Crippen LogP contribution in [0.1, 0.15) is 11.6 Å². The minimum Gasteiger partial charge on any atom is -0.394 e. The fourth-order valence-electron chi connectivity index (χ4n) is 2.22. The minimum atomic E-state index is -0.345. The zero-order valence-electron chi connectivity index (χ0n) is 17.5. The molecule has 0 atom stereocenters. The summed E-state index contributed by atoms with van der Waals surface area (Å²) in [5.74, 6) is 1.73. The van der Waals surface area contributed by atoms with Crippen molar-refractivity contribution < 1.29 is 0 Å². The van der Waals surface area contributed by atoms with Crippen molar-refractivity contribution in [1.29, 1.82) is 0 Å². The average molecular weight is 510 g/mol. The molecule has 5 N–H and O–H groups in total. The molecule has 4 rings (SSSR count). The van der Waals surface area contributed by atoms with Crippen LogP contribution in [-0.4, -0.2) is 29.5 Å². The van der Waals surface area contributed by atoms with Gasteiger partial charge < -0.3 is 16.5 Å². The molecule has 0 saturated heterocycles. The lowest BCUT2D eigenvalue weighted by Crippen LogP contribution is -2.21. The Kier molecular flexibility index (Phi) is 9.34. The average Bonchev–Trinajstić information content (AvgIpc) is 2.74. The molecule has 0 fully saturated rings. The lowest BCUT2D eigenvalue weighted by atomic mass is 10.4. The van der Waals surface area contributed by atoms with Gasteiger partial charge in [0, 0.05) is 24.8 Å². The first-order valence-corrected chi connectivity index (χ1v) is 10.3. The molecule has 4 heterocycles. The Morgan fingerprint density at radius 3 is 2.00 bits per heavy atom. The largest absolute Gasteiger partial charge is 0.394 e. The highest BCUT2D eigenvalue weighted by Gasteiger charge is 2.06. The minimum absolute atomic E-state index is 0.0868. The van der Waals surface area contributed by atoms with E-state index in [4.69, 9.17) is 46.3 Å². The Labute approximate surface area is 203 Å². The van der Waals surface area contributed by atoms with Gasteiger partial charge in [-0.15, -0.1) is 0 Å². The number of anilines is 2. The number of aromatic nitrogens is 6. The number of hydrogen-bond donors (Lipinski definition) is 3. The van der Waals surface area contributed by atoms with Crippen LogP contribution in [-0.2, 0) is 0 Å². The molecule has 13 heteroatoms. The molecule has 0 spiro atoms. The fraction of sp³-hybridized carbons (Fsp3) is 0.100. The van der Waals surface area contributed by atoms with E-state index in [1.165, 1.54) is 29.1 Å². The molecule has 0 saturated carbocycles. The third kappa shape index (κ3) is 8.19. The quantitative estimate of drug-likeness (QED) is 0.330. The first kappa shape index (κ1) is 25.8. The number of nitrogen functional groups attached to an aromatic ring is 2. The molecule has 0 radical (unpaired) electrons. The van der Waals surface area contributed by atoms with E-state index in [0.717, 1.165) is 0 Å².